The van der Waals surface area contributed by atoms with E-state index in [9.17, 15) is 4.79 Å². The molecular weight excluding hydrogens is 370 g/mol. The van der Waals surface area contributed by atoms with Crippen molar-refractivity contribution < 1.29 is 4.79 Å². The van der Waals surface area contributed by atoms with Crippen LogP contribution in [0, 0.1) is 0 Å². The molecule has 1 atom stereocenters. The van der Waals surface area contributed by atoms with Crippen molar-refractivity contribution in [2.75, 3.05) is 31.1 Å². The Morgan fingerprint density at radius 3 is 2.54 bits per heavy atom. The first-order valence-electron chi connectivity index (χ1n) is 8.35. The lowest BCUT2D eigenvalue weighted by atomic mass is 10.0. The number of hydrogen-bond acceptors (Lipinski definition) is 6. The molecule has 0 saturated carbocycles. The second-order valence-electron chi connectivity index (χ2n) is 6.22. The van der Waals surface area contributed by atoms with Crippen molar-refractivity contribution in [2.24, 2.45) is 5.73 Å². The molecule has 134 valence electrons. The Morgan fingerprint density at radius 2 is 1.85 bits per heavy atom. The highest BCUT2D eigenvalue weighted by atomic mass is 35.5. The van der Waals surface area contributed by atoms with Crippen molar-refractivity contribution in [3.05, 3.63) is 52.6 Å². The molecule has 0 unspecified atom stereocenters. The molecule has 2 N–H and O–H groups in total. The van der Waals surface area contributed by atoms with E-state index in [1.165, 1.54) is 0 Å². The molecule has 26 heavy (non-hydrogen) atoms. The minimum atomic E-state index is -0.444. The minimum absolute atomic E-state index is 0.344. The average Bonchev–Trinajstić information content (AvgIpc) is 3.13. The lowest BCUT2D eigenvalue weighted by Gasteiger charge is -2.38. The van der Waals surface area contributed by atoms with E-state index < -0.39 is 6.04 Å². The summed E-state index contributed by atoms with van der Waals surface area (Å²) in [5, 5.41) is 3.75. The molecule has 3 heterocycles. The van der Waals surface area contributed by atoms with E-state index in [1.807, 2.05) is 17.5 Å². The predicted octanol–water partition coefficient (Wildman–Crippen LogP) is 2.69. The number of nitrogens with zero attached hydrogens (tertiary/aromatic N) is 4. The van der Waals surface area contributed by atoms with Crippen molar-refractivity contribution in [3.63, 3.8) is 0 Å². The van der Waals surface area contributed by atoms with Crippen LogP contribution in [0.3, 0.4) is 0 Å². The largest absolute Gasteiger partial charge is 0.368 e. The molecule has 0 aliphatic carbocycles. The average molecular weight is 388 g/mol. The van der Waals surface area contributed by atoms with E-state index in [0.717, 1.165) is 47.8 Å². The van der Waals surface area contributed by atoms with Gasteiger partial charge in [-0.05, 0) is 29.1 Å². The Labute approximate surface area is 160 Å². The number of carbonyl (C=O) groups excluding carboxylic acids is 1. The predicted molar refractivity (Wildman–Crippen MR) is 105 cm³/mol. The van der Waals surface area contributed by atoms with Gasteiger partial charge in [0.15, 0.2) is 0 Å². The van der Waals surface area contributed by atoms with Crippen LogP contribution in [0.5, 0.6) is 0 Å². The summed E-state index contributed by atoms with van der Waals surface area (Å²) in [4.78, 5) is 26.2. The number of aromatic nitrogens is 2. The van der Waals surface area contributed by atoms with Gasteiger partial charge >= 0.3 is 0 Å². The summed E-state index contributed by atoms with van der Waals surface area (Å²) >= 11 is 7.57. The van der Waals surface area contributed by atoms with Crippen LogP contribution >= 0.6 is 22.9 Å². The third-order valence-corrected chi connectivity index (χ3v) is 5.75. The number of anilines is 1. The van der Waals surface area contributed by atoms with Gasteiger partial charge in [-0.2, -0.15) is 0 Å². The molecular formula is C18H18ClN5OS. The van der Waals surface area contributed by atoms with Gasteiger partial charge in [0.05, 0.1) is 5.39 Å². The SMILES string of the molecule is NC(=O)[C@@H](c1ccc(Cl)cc1)N1CCN(c2ncnc3sccc23)CC1. The second-order valence-corrected chi connectivity index (χ2v) is 7.55. The number of primary amides is 1. The lowest BCUT2D eigenvalue weighted by Crippen LogP contribution is -2.50. The summed E-state index contributed by atoms with van der Waals surface area (Å²) in [6.45, 7) is 3.01. The zero-order valence-electron chi connectivity index (χ0n) is 14.0. The van der Waals surface area contributed by atoms with Crippen LogP contribution in [-0.2, 0) is 4.79 Å². The maximum atomic E-state index is 12.1. The summed E-state index contributed by atoms with van der Waals surface area (Å²) in [5.41, 5.74) is 6.57. The van der Waals surface area contributed by atoms with E-state index >= 15 is 0 Å². The fourth-order valence-corrected chi connectivity index (χ4v) is 4.27. The highest BCUT2D eigenvalue weighted by Crippen LogP contribution is 2.29. The van der Waals surface area contributed by atoms with Crippen molar-refractivity contribution >= 4 is 44.9 Å². The number of hydrogen-bond donors (Lipinski definition) is 1. The Morgan fingerprint density at radius 1 is 1.12 bits per heavy atom. The molecule has 4 rings (SSSR count). The number of benzene rings is 1. The molecule has 1 aromatic carbocycles. The third kappa shape index (κ3) is 3.25. The highest BCUT2D eigenvalue weighted by Gasteiger charge is 2.29. The van der Waals surface area contributed by atoms with Crippen LogP contribution < -0.4 is 10.6 Å². The number of rotatable bonds is 4. The van der Waals surface area contributed by atoms with E-state index in [1.54, 1.807) is 29.8 Å². The van der Waals surface area contributed by atoms with Gasteiger partial charge in [-0.25, -0.2) is 9.97 Å². The first-order valence-corrected chi connectivity index (χ1v) is 9.61. The quantitative estimate of drug-likeness (QED) is 0.744. The molecule has 6 nitrogen and oxygen atoms in total. The van der Waals surface area contributed by atoms with Crippen LogP contribution in [0.15, 0.2) is 42.0 Å². The van der Waals surface area contributed by atoms with E-state index in [0.29, 0.717) is 5.02 Å². The lowest BCUT2D eigenvalue weighted by molar-refractivity contribution is -0.123. The topological polar surface area (TPSA) is 75.4 Å². The molecule has 1 amide bonds. The standard InChI is InChI=1S/C18H18ClN5OS/c19-13-3-1-12(2-4-13)15(16(20)25)23-6-8-24(9-7-23)17-14-5-10-26-18(14)22-11-21-17/h1-5,10-11,15H,6-9H2,(H2,20,25)/t15-/m1/s1. The van der Waals surface area contributed by atoms with Crippen LogP contribution in [0.2, 0.25) is 5.02 Å². The highest BCUT2D eigenvalue weighted by molar-refractivity contribution is 7.16. The summed E-state index contributed by atoms with van der Waals surface area (Å²) < 4.78 is 0. The van der Waals surface area contributed by atoms with Crippen LogP contribution in [0.4, 0.5) is 5.82 Å². The molecule has 2 aromatic heterocycles. The fourth-order valence-electron chi connectivity index (χ4n) is 3.42. The monoisotopic (exact) mass is 387 g/mol. The first kappa shape index (κ1) is 17.2. The Kier molecular flexibility index (Phi) is 4.76. The van der Waals surface area contributed by atoms with Crippen LogP contribution in [0.1, 0.15) is 11.6 Å². The molecule has 0 radical (unpaired) electrons. The number of carbonyl (C=O) groups is 1. The Bertz CT molecular complexity index is 921. The van der Waals surface area contributed by atoms with E-state index in [-0.39, 0.29) is 5.91 Å². The van der Waals surface area contributed by atoms with Gasteiger partial charge in [-0.3, -0.25) is 9.69 Å². The number of piperazine rings is 1. The van der Waals surface area contributed by atoms with Gasteiger partial charge in [0.25, 0.3) is 0 Å². The number of halogens is 1. The molecule has 8 heteroatoms. The van der Waals surface area contributed by atoms with Crippen molar-refractivity contribution in [2.45, 2.75) is 6.04 Å². The smallest absolute Gasteiger partial charge is 0.239 e. The molecule has 0 spiro atoms. The fraction of sp³-hybridized carbons (Fsp3) is 0.278. The van der Waals surface area contributed by atoms with Crippen molar-refractivity contribution in [1.29, 1.82) is 0 Å². The van der Waals surface area contributed by atoms with Crippen molar-refractivity contribution in [3.8, 4) is 0 Å². The van der Waals surface area contributed by atoms with Gasteiger partial charge in [0, 0.05) is 31.2 Å². The second kappa shape index (κ2) is 7.19. The zero-order chi connectivity index (χ0) is 18.1. The van der Waals surface area contributed by atoms with Crippen molar-refractivity contribution in [1.82, 2.24) is 14.9 Å². The van der Waals surface area contributed by atoms with E-state index in [4.69, 9.17) is 17.3 Å². The minimum Gasteiger partial charge on any atom is -0.368 e. The summed E-state index contributed by atoms with van der Waals surface area (Å²) in [6, 6.07) is 8.92. The third-order valence-electron chi connectivity index (χ3n) is 4.67. The maximum Gasteiger partial charge on any atom is 0.239 e. The Hall–Kier alpha value is -2.22. The van der Waals surface area contributed by atoms with Gasteiger partial charge in [0.1, 0.15) is 23.0 Å². The number of thiophene rings is 1. The first-order chi connectivity index (χ1) is 12.6. The number of amides is 1. The van der Waals surface area contributed by atoms with Gasteiger partial charge in [-0.15, -0.1) is 11.3 Å². The number of fused-ring (bicyclic) bond motifs is 1. The summed E-state index contributed by atoms with van der Waals surface area (Å²) in [6.07, 6.45) is 1.61. The molecule has 1 fully saturated rings. The molecule has 3 aromatic rings. The molecule has 1 aliphatic heterocycles. The number of nitrogens with two attached hydrogens (primary N) is 1. The van der Waals surface area contributed by atoms with Gasteiger partial charge < -0.3 is 10.6 Å². The van der Waals surface area contributed by atoms with E-state index in [2.05, 4.69) is 25.8 Å². The molecule has 1 saturated heterocycles. The van der Waals surface area contributed by atoms with Crippen LogP contribution in [0.25, 0.3) is 10.2 Å². The maximum absolute atomic E-state index is 12.1. The normalized spacial score (nSPS) is 16.7. The zero-order valence-corrected chi connectivity index (χ0v) is 15.6. The van der Waals surface area contributed by atoms with Gasteiger partial charge in [0.2, 0.25) is 5.91 Å². The summed E-state index contributed by atoms with van der Waals surface area (Å²) in [5.74, 6) is 0.612. The summed E-state index contributed by atoms with van der Waals surface area (Å²) in [7, 11) is 0. The van der Waals surface area contributed by atoms with Crippen LogP contribution in [-0.4, -0.2) is 47.0 Å². The van der Waals surface area contributed by atoms with Gasteiger partial charge in [-0.1, -0.05) is 23.7 Å². The Balaban J connectivity index is 1.52. The molecule has 1 aliphatic rings. The molecule has 0 bridgehead atoms.